The number of nitrogens with zero attached hydrogens (tertiary/aromatic N) is 2. The molecule has 35 heavy (non-hydrogen) atoms. The second-order valence-electron chi connectivity index (χ2n) is 8.00. The Morgan fingerprint density at radius 1 is 0.686 bits per heavy atom. The maximum atomic E-state index is 9.29. The number of aliphatic hydroxyl groups excluding tert-OH is 1. The van der Waals surface area contributed by atoms with Crippen molar-refractivity contribution in [2.75, 3.05) is 11.5 Å². The third kappa shape index (κ3) is 4.32. The van der Waals surface area contributed by atoms with E-state index in [9.17, 15) is 5.11 Å². The fraction of sp³-hybridized carbons (Fsp3) is 0.0714. The summed E-state index contributed by atoms with van der Waals surface area (Å²) in [7, 11) is 0. The lowest BCUT2D eigenvalue weighted by Crippen LogP contribution is -1.88. The van der Waals surface area contributed by atoms with Crippen molar-refractivity contribution in [1.82, 2.24) is 9.97 Å². The lowest BCUT2D eigenvalue weighted by molar-refractivity contribution is 0.277. The van der Waals surface area contributed by atoms with Gasteiger partial charge in [-0.05, 0) is 28.5 Å². The molecule has 0 spiro atoms. The lowest BCUT2D eigenvalue weighted by Gasteiger charge is -2.04. The molecule has 2 heterocycles. The van der Waals surface area contributed by atoms with Gasteiger partial charge in [-0.15, -0.1) is 0 Å². The molecule has 0 unspecified atom stereocenters. The van der Waals surface area contributed by atoms with Crippen LogP contribution in [0.1, 0.15) is 11.5 Å². The molecule has 0 atom stereocenters. The van der Waals surface area contributed by atoms with Crippen molar-refractivity contribution in [3.63, 3.8) is 0 Å². The Morgan fingerprint density at radius 3 is 1.83 bits per heavy atom. The van der Waals surface area contributed by atoms with Crippen LogP contribution in [0.2, 0.25) is 0 Å². The SMILES string of the molecule is Cc1oc(N)nc1-c1cccc2ccccc12.Nc1nc(CO)c(-c2cccc3ccccc23)o1. The number of aryl methyl sites for hydroxylation is 1. The predicted molar refractivity (Wildman–Crippen MR) is 138 cm³/mol. The number of benzene rings is 4. The summed E-state index contributed by atoms with van der Waals surface area (Å²) in [5.74, 6) is 1.28. The van der Waals surface area contributed by atoms with Crippen LogP contribution in [0.5, 0.6) is 0 Å². The maximum Gasteiger partial charge on any atom is 0.292 e. The highest BCUT2D eigenvalue weighted by Crippen LogP contribution is 2.33. The largest absolute Gasteiger partial charge is 0.429 e. The van der Waals surface area contributed by atoms with E-state index in [4.69, 9.17) is 20.3 Å². The van der Waals surface area contributed by atoms with Gasteiger partial charge in [0.1, 0.15) is 17.1 Å². The van der Waals surface area contributed by atoms with Crippen LogP contribution in [0.25, 0.3) is 44.1 Å². The average Bonchev–Trinajstić information content (AvgIpc) is 3.43. The number of nitrogen functional groups attached to an aromatic ring is 2. The van der Waals surface area contributed by atoms with Crippen LogP contribution in [0.3, 0.4) is 0 Å². The zero-order valence-corrected chi connectivity index (χ0v) is 19.1. The molecule has 0 saturated carbocycles. The van der Waals surface area contributed by atoms with E-state index >= 15 is 0 Å². The Kier molecular flexibility index (Phi) is 5.91. The average molecular weight is 465 g/mol. The number of hydrogen-bond acceptors (Lipinski definition) is 7. The zero-order chi connectivity index (χ0) is 24.4. The summed E-state index contributed by atoms with van der Waals surface area (Å²) in [6, 6.07) is 28.5. The number of rotatable bonds is 3. The minimum Gasteiger partial charge on any atom is -0.429 e. The molecule has 174 valence electrons. The van der Waals surface area contributed by atoms with E-state index < -0.39 is 0 Å². The summed E-state index contributed by atoms with van der Waals surface area (Å²) in [4.78, 5) is 8.22. The summed E-state index contributed by atoms with van der Waals surface area (Å²) in [5, 5.41) is 13.8. The van der Waals surface area contributed by atoms with Gasteiger partial charge in [-0.1, -0.05) is 84.9 Å². The van der Waals surface area contributed by atoms with Crippen molar-refractivity contribution in [2.45, 2.75) is 13.5 Å². The van der Waals surface area contributed by atoms with Gasteiger partial charge in [-0.25, -0.2) is 0 Å². The molecule has 6 aromatic rings. The van der Waals surface area contributed by atoms with E-state index in [1.807, 2.05) is 73.7 Å². The number of oxazole rings is 2. The molecular weight excluding hydrogens is 440 g/mol. The summed E-state index contributed by atoms with van der Waals surface area (Å²) in [6.45, 7) is 1.68. The number of fused-ring (bicyclic) bond motifs is 2. The molecular formula is C28H24N4O3. The second kappa shape index (κ2) is 9.32. The molecule has 0 fully saturated rings. The van der Waals surface area contributed by atoms with Crippen molar-refractivity contribution in [3.8, 4) is 22.6 Å². The zero-order valence-electron chi connectivity index (χ0n) is 19.1. The van der Waals surface area contributed by atoms with E-state index in [0.29, 0.717) is 11.5 Å². The maximum absolute atomic E-state index is 9.29. The van der Waals surface area contributed by atoms with Crippen LogP contribution in [0.4, 0.5) is 12.0 Å². The van der Waals surface area contributed by atoms with E-state index in [1.54, 1.807) is 0 Å². The first-order chi connectivity index (χ1) is 17.0. The molecule has 0 aliphatic heterocycles. The summed E-state index contributed by atoms with van der Waals surface area (Å²) >= 11 is 0. The van der Waals surface area contributed by atoms with Gasteiger partial charge in [0.15, 0.2) is 5.76 Å². The molecule has 0 amide bonds. The number of aliphatic hydroxyl groups is 1. The van der Waals surface area contributed by atoms with Gasteiger partial charge in [-0.3, -0.25) is 0 Å². The van der Waals surface area contributed by atoms with Crippen molar-refractivity contribution in [2.24, 2.45) is 0 Å². The molecule has 4 aromatic carbocycles. The second-order valence-corrected chi connectivity index (χ2v) is 8.00. The first-order valence-corrected chi connectivity index (χ1v) is 11.1. The Balaban J connectivity index is 0.000000145. The van der Waals surface area contributed by atoms with Crippen LogP contribution in [-0.2, 0) is 6.61 Å². The van der Waals surface area contributed by atoms with E-state index in [-0.39, 0.29) is 18.6 Å². The van der Waals surface area contributed by atoms with Crippen molar-refractivity contribution >= 4 is 33.6 Å². The summed E-state index contributed by atoms with van der Waals surface area (Å²) in [6.07, 6.45) is 0. The van der Waals surface area contributed by atoms with Gasteiger partial charge in [-0.2, -0.15) is 9.97 Å². The molecule has 0 aliphatic carbocycles. The van der Waals surface area contributed by atoms with E-state index in [2.05, 4.69) is 28.2 Å². The van der Waals surface area contributed by atoms with Crippen molar-refractivity contribution in [1.29, 1.82) is 0 Å². The number of aromatic nitrogens is 2. The Labute approximate surface area is 201 Å². The highest BCUT2D eigenvalue weighted by Gasteiger charge is 2.15. The van der Waals surface area contributed by atoms with Crippen molar-refractivity contribution < 1.29 is 13.9 Å². The molecule has 7 nitrogen and oxygen atoms in total. The van der Waals surface area contributed by atoms with Crippen LogP contribution in [-0.4, -0.2) is 15.1 Å². The standard InChI is InChI=1S/C14H12N2O2.C14H12N2O/c15-14-16-12(8-17)13(18-14)11-7-3-5-9-4-1-2-6-10(9)11;1-9-13(16-14(15)17-9)12-8-4-6-10-5-2-3-7-11(10)12/h1-7,17H,8H2,(H2,15,16);2-8H,1H3,(H2,15,16). The third-order valence-electron chi connectivity index (χ3n) is 5.76. The highest BCUT2D eigenvalue weighted by atomic mass is 16.4. The number of anilines is 2. The van der Waals surface area contributed by atoms with Gasteiger partial charge >= 0.3 is 0 Å². The fourth-order valence-electron chi connectivity index (χ4n) is 4.21. The van der Waals surface area contributed by atoms with Gasteiger partial charge < -0.3 is 25.4 Å². The van der Waals surface area contributed by atoms with Crippen LogP contribution >= 0.6 is 0 Å². The Bertz CT molecular complexity index is 1620. The first-order valence-electron chi connectivity index (χ1n) is 11.1. The summed E-state index contributed by atoms with van der Waals surface area (Å²) < 4.78 is 10.7. The quantitative estimate of drug-likeness (QED) is 0.295. The smallest absolute Gasteiger partial charge is 0.292 e. The van der Waals surface area contributed by atoms with Crippen LogP contribution < -0.4 is 11.5 Å². The predicted octanol–water partition coefficient (Wildman–Crippen LogP) is 5.95. The van der Waals surface area contributed by atoms with Crippen LogP contribution in [0.15, 0.2) is 93.8 Å². The third-order valence-corrected chi connectivity index (χ3v) is 5.76. The minimum absolute atomic E-state index is 0.0713. The minimum atomic E-state index is -0.195. The van der Waals surface area contributed by atoms with E-state index in [0.717, 1.165) is 38.7 Å². The van der Waals surface area contributed by atoms with Gasteiger partial charge in [0.2, 0.25) is 0 Å². The molecule has 6 rings (SSSR count). The summed E-state index contributed by atoms with van der Waals surface area (Å²) in [5.41, 5.74) is 14.4. The molecule has 0 bridgehead atoms. The fourth-order valence-corrected chi connectivity index (χ4v) is 4.21. The number of nitrogens with two attached hydrogens (primary N) is 2. The van der Waals surface area contributed by atoms with Crippen LogP contribution in [0, 0.1) is 6.92 Å². The van der Waals surface area contributed by atoms with Gasteiger partial charge in [0.25, 0.3) is 12.0 Å². The Hall–Kier alpha value is -4.62. The molecule has 0 saturated heterocycles. The van der Waals surface area contributed by atoms with Gasteiger partial charge in [0, 0.05) is 11.1 Å². The molecule has 0 radical (unpaired) electrons. The normalized spacial score (nSPS) is 10.9. The van der Waals surface area contributed by atoms with Gasteiger partial charge in [0.05, 0.1) is 6.61 Å². The topological polar surface area (TPSA) is 124 Å². The Morgan fingerprint density at radius 2 is 1.23 bits per heavy atom. The first kappa shape index (κ1) is 22.2. The lowest BCUT2D eigenvalue weighted by atomic mass is 10.0. The van der Waals surface area contributed by atoms with E-state index in [1.165, 1.54) is 5.39 Å². The molecule has 2 aromatic heterocycles. The molecule has 7 heteroatoms. The monoisotopic (exact) mass is 464 g/mol. The van der Waals surface area contributed by atoms with Crippen molar-refractivity contribution in [3.05, 3.63) is 96.4 Å². The highest BCUT2D eigenvalue weighted by molar-refractivity contribution is 5.97. The number of hydrogen-bond donors (Lipinski definition) is 3. The molecule has 0 aliphatic rings. The molecule has 5 N–H and O–H groups in total.